The fourth-order valence-corrected chi connectivity index (χ4v) is 4.10. The number of nitrogens with one attached hydrogen (secondary N) is 1. The van der Waals surface area contributed by atoms with E-state index in [0.717, 1.165) is 42.2 Å². The van der Waals surface area contributed by atoms with Gasteiger partial charge in [0, 0.05) is 22.9 Å². The third kappa shape index (κ3) is 5.18. The van der Waals surface area contributed by atoms with E-state index in [4.69, 9.17) is 16.3 Å². The molecule has 3 nitrogen and oxygen atoms in total. The van der Waals surface area contributed by atoms with E-state index in [1.165, 1.54) is 17.8 Å². The average molecular weight is 416 g/mol. The molecule has 1 saturated heterocycles. The van der Waals surface area contributed by atoms with Gasteiger partial charge in [-0.3, -0.25) is 4.79 Å². The second-order valence-electron chi connectivity index (χ2n) is 6.09. The van der Waals surface area contributed by atoms with E-state index in [9.17, 15) is 18.0 Å². The summed E-state index contributed by atoms with van der Waals surface area (Å²) in [5.41, 5.74) is -0.539. The van der Waals surface area contributed by atoms with Gasteiger partial charge in [0.05, 0.1) is 22.3 Å². The Morgan fingerprint density at radius 1 is 1.26 bits per heavy atom. The maximum Gasteiger partial charge on any atom is 0.417 e. The number of carbonyl (C=O) groups is 1. The van der Waals surface area contributed by atoms with E-state index < -0.39 is 22.7 Å². The lowest BCUT2D eigenvalue weighted by atomic mass is 10.1. The van der Waals surface area contributed by atoms with Crippen LogP contribution in [0.15, 0.2) is 47.4 Å². The van der Waals surface area contributed by atoms with Crippen LogP contribution >= 0.6 is 23.4 Å². The summed E-state index contributed by atoms with van der Waals surface area (Å²) in [6.07, 6.45) is -2.40. The number of amides is 1. The molecule has 0 radical (unpaired) electrons. The lowest BCUT2D eigenvalue weighted by Gasteiger charge is -2.14. The number of benzene rings is 2. The summed E-state index contributed by atoms with van der Waals surface area (Å²) >= 11 is 7.12. The molecule has 8 heteroatoms. The fraction of sp³-hybridized carbons (Fsp3) is 0.316. The van der Waals surface area contributed by atoms with Crippen molar-refractivity contribution in [2.75, 3.05) is 17.7 Å². The normalized spacial score (nSPS) is 17.1. The van der Waals surface area contributed by atoms with Crippen LogP contribution in [-0.2, 0) is 10.9 Å². The van der Waals surface area contributed by atoms with Gasteiger partial charge in [-0.15, -0.1) is 11.8 Å². The monoisotopic (exact) mass is 415 g/mol. The van der Waals surface area contributed by atoms with Gasteiger partial charge >= 0.3 is 6.18 Å². The lowest BCUT2D eigenvalue weighted by Crippen LogP contribution is -2.15. The first-order chi connectivity index (χ1) is 12.8. The van der Waals surface area contributed by atoms with Gasteiger partial charge in [-0.2, -0.15) is 13.2 Å². The number of anilines is 1. The maximum absolute atomic E-state index is 13.0. The Hall–Kier alpha value is -1.70. The van der Waals surface area contributed by atoms with Gasteiger partial charge in [0.2, 0.25) is 0 Å². The predicted molar refractivity (Wildman–Crippen MR) is 101 cm³/mol. The highest BCUT2D eigenvalue weighted by Gasteiger charge is 2.33. The zero-order valence-corrected chi connectivity index (χ0v) is 15.8. The number of halogens is 4. The molecule has 1 atom stereocenters. The molecule has 27 heavy (non-hydrogen) atoms. The minimum absolute atomic E-state index is 0.0376. The van der Waals surface area contributed by atoms with Gasteiger partial charge in [-0.1, -0.05) is 23.7 Å². The average Bonchev–Trinajstić information content (AvgIpc) is 3.14. The van der Waals surface area contributed by atoms with Crippen LogP contribution in [0.5, 0.6) is 0 Å². The van der Waals surface area contributed by atoms with Crippen LogP contribution in [0.4, 0.5) is 18.9 Å². The van der Waals surface area contributed by atoms with Crippen molar-refractivity contribution < 1.29 is 22.7 Å². The molecule has 0 spiro atoms. The van der Waals surface area contributed by atoms with Crippen LogP contribution in [0.25, 0.3) is 0 Å². The number of rotatable bonds is 5. The Morgan fingerprint density at radius 2 is 2.04 bits per heavy atom. The first-order valence-corrected chi connectivity index (χ1v) is 9.72. The number of ether oxygens (including phenoxy) is 1. The Labute approximate surface area is 164 Å². The summed E-state index contributed by atoms with van der Waals surface area (Å²) in [7, 11) is 0. The van der Waals surface area contributed by atoms with Crippen molar-refractivity contribution in [3.63, 3.8) is 0 Å². The number of alkyl halides is 3. The molecule has 1 fully saturated rings. The molecule has 0 aromatic heterocycles. The van der Waals surface area contributed by atoms with Crippen molar-refractivity contribution in [3.05, 3.63) is 58.6 Å². The number of carbonyl (C=O) groups excluding carboxylic acids is 1. The van der Waals surface area contributed by atoms with Gasteiger partial charge in [-0.05, 0) is 43.2 Å². The van der Waals surface area contributed by atoms with Crippen molar-refractivity contribution in [2.24, 2.45) is 0 Å². The van der Waals surface area contributed by atoms with E-state index in [0.29, 0.717) is 5.56 Å². The minimum Gasteiger partial charge on any atom is -0.377 e. The summed E-state index contributed by atoms with van der Waals surface area (Å²) in [5.74, 6) is 0.254. The molecule has 1 aliphatic rings. The molecular formula is C19H17ClF3NO2S. The smallest absolute Gasteiger partial charge is 0.377 e. The molecule has 0 aliphatic carbocycles. The van der Waals surface area contributed by atoms with E-state index in [1.54, 1.807) is 12.1 Å². The summed E-state index contributed by atoms with van der Waals surface area (Å²) in [4.78, 5) is 13.4. The van der Waals surface area contributed by atoms with Gasteiger partial charge in [-0.25, -0.2) is 0 Å². The zero-order valence-electron chi connectivity index (χ0n) is 14.2. The Morgan fingerprint density at radius 3 is 2.74 bits per heavy atom. The molecule has 1 amide bonds. The minimum atomic E-state index is -4.59. The first kappa shape index (κ1) is 20.0. The first-order valence-electron chi connectivity index (χ1n) is 8.36. The highest BCUT2D eigenvalue weighted by Crippen LogP contribution is 2.36. The standard InChI is InChI=1S/C19H17ClF3NO2S/c20-16-8-7-12(10-15(16)19(21,22)23)24-18(25)14-5-1-2-6-17(14)27-11-13-4-3-9-26-13/h1-2,5-8,10,13H,3-4,9,11H2,(H,24,25)/t13-/m1/s1. The van der Waals surface area contributed by atoms with Crippen LogP contribution in [0.2, 0.25) is 5.02 Å². The zero-order chi connectivity index (χ0) is 19.4. The molecule has 0 bridgehead atoms. The Kier molecular flexibility index (Phi) is 6.34. The van der Waals surface area contributed by atoms with Crippen molar-refractivity contribution >= 4 is 35.0 Å². The van der Waals surface area contributed by atoms with E-state index in [1.807, 2.05) is 12.1 Å². The summed E-state index contributed by atoms with van der Waals surface area (Å²) in [6.45, 7) is 0.755. The van der Waals surface area contributed by atoms with Gasteiger partial charge in [0.15, 0.2) is 0 Å². The van der Waals surface area contributed by atoms with Crippen molar-refractivity contribution in [1.29, 1.82) is 0 Å². The number of thioether (sulfide) groups is 1. The highest BCUT2D eigenvalue weighted by atomic mass is 35.5. The van der Waals surface area contributed by atoms with E-state index >= 15 is 0 Å². The third-order valence-electron chi connectivity index (χ3n) is 4.11. The number of hydrogen-bond acceptors (Lipinski definition) is 3. The van der Waals surface area contributed by atoms with Crippen molar-refractivity contribution in [3.8, 4) is 0 Å². The lowest BCUT2D eigenvalue weighted by molar-refractivity contribution is -0.137. The molecule has 0 unspecified atom stereocenters. The number of hydrogen-bond donors (Lipinski definition) is 1. The third-order valence-corrected chi connectivity index (χ3v) is 5.65. The van der Waals surface area contributed by atoms with Gasteiger partial charge in [0.1, 0.15) is 0 Å². The largest absolute Gasteiger partial charge is 0.417 e. The van der Waals surface area contributed by atoms with Crippen LogP contribution in [-0.4, -0.2) is 24.4 Å². The highest BCUT2D eigenvalue weighted by molar-refractivity contribution is 7.99. The van der Waals surface area contributed by atoms with Crippen LogP contribution in [0.1, 0.15) is 28.8 Å². The van der Waals surface area contributed by atoms with Crippen molar-refractivity contribution in [2.45, 2.75) is 30.0 Å². The maximum atomic E-state index is 13.0. The topological polar surface area (TPSA) is 38.3 Å². The van der Waals surface area contributed by atoms with E-state index in [-0.39, 0.29) is 11.8 Å². The second kappa shape index (κ2) is 8.54. The molecular weight excluding hydrogens is 399 g/mol. The van der Waals surface area contributed by atoms with Crippen molar-refractivity contribution in [1.82, 2.24) is 0 Å². The summed E-state index contributed by atoms with van der Waals surface area (Å²) < 4.78 is 44.6. The van der Waals surface area contributed by atoms with E-state index in [2.05, 4.69) is 5.32 Å². The molecule has 2 aromatic carbocycles. The Balaban J connectivity index is 1.74. The molecule has 3 rings (SSSR count). The SMILES string of the molecule is O=C(Nc1ccc(Cl)c(C(F)(F)F)c1)c1ccccc1SC[C@H]1CCCO1. The molecule has 2 aromatic rings. The summed E-state index contributed by atoms with van der Waals surface area (Å²) in [5, 5.41) is 2.11. The van der Waals surface area contributed by atoms with Gasteiger partial charge < -0.3 is 10.1 Å². The molecule has 1 aliphatic heterocycles. The van der Waals surface area contributed by atoms with Crippen LogP contribution in [0.3, 0.4) is 0 Å². The summed E-state index contributed by atoms with van der Waals surface area (Å²) in [6, 6.07) is 10.3. The molecule has 144 valence electrons. The predicted octanol–water partition coefficient (Wildman–Crippen LogP) is 5.88. The molecule has 1 N–H and O–H groups in total. The molecule has 0 saturated carbocycles. The molecule has 1 heterocycles. The van der Waals surface area contributed by atoms with Crippen LogP contribution < -0.4 is 5.32 Å². The Bertz CT molecular complexity index is 823. The quantitative estimate of drug-likeness (QED) is 0.619. The second-order valence-corrected chi connectivity index (χ2v) is 7.56. The fourth-order valence-electron chi connectivity index (χ4n) is 2.76. The van der Waals surface area contributed by atoms with Crippen LogP contribution in [0, 0.1) is 0 Å². The van der Waals surface area contributed by atoms with Gasteiger partial charge in [0.25, 0.3) is 5.91 Å².